The van der Waals surface area contributed by atoms with Crippen molar-refractivity contribution in [2.75, 3.05) is 0 Å². The maximum absolute atomic E-state index is 2.48. The minimum atomic E-state index is 0.993. The van der Waals surface area contributed by atoms with E-state index in [4.69, 9.17) is 0 Å². The lowest BCUT2D eigenvalue weighted by Gasteiger charge is -2.44. The molecule has 0 aromatic heterocycles. The summed E-state index contributed by atoms with van der Waals surface area (Å²) >= 11 is 0. The van der Waals surface area contributed by atoms with Gasteiger partial charge < -0.3 is 0 Å². The first-order chi connectivity index (χ1) is 27.6. The highest BCUT2D eigenvalue weighted by atomic mass is 14.4. The minimum Gasteiger partial charge on any atom is -0.0683 e. The fourth-order valence-corrected chi connectivity index (χ4v) is 12.7. The van der Waals surface area contributed by atoms with Gasteiger partial charge in [-0.3, -0.25) is 0 Å². The van der Waals surface area contributed by atoms with Crippen molar-refractivity contribution < 1.29 is 0 Å². The van der Waals surface area contributed by atoms with Crippen LogP contribution in [-0.2, 0) is 0 Å². The second-order valence-corrected chi connectivity index (χ2v) is 20.7. The standard InChI is InChI=1S/C15H28.C14H26.C12H22.C8H16.4C2H6/c1-12-8-9-15(10-13(12)2)11-14-6-4-3-5-7-14;1-11-8-9-14(10-12(11)2)13-6-4-3-5-7-13;1-9-5-3-7-11-8-4-6-10(2)12(9)11;1-7-5-3-4-6-8(7)2;4*1-2/h12-15H,3-11H2,1-2H3;11-14H,3-10H2,1-2H3;9-12H,3-8H2,1-2H3;7-8H,3-6H2,1-2H3;4*1-2H3. The monoisotopic (exact) mass is 801 g/mol. The average molecular weight is 802 g/mol. The molecule has 57 heavy (non-hydrogen) atoms. The highest BCUT2D eigenvalue weighted by Crippen LogP contribution is 2.46. The van der Waals surface area contributed by atoms with Crippen molar-refractivity contribution in [1.82, 2.24) is 0 Å². The van der Waals surface area contributed by atoms with Crippen LogP contribution in [0, 0.1) is 82.9 Å². The first-order valence-corrected chi connectivity index (χ1v) is 27.6. The molecule has 0 amide bonds. The zero-order valence-electron chi connectivity index (χ0n) is 43.2. The molecule has 0 N–H and O–H groups in total. The van der Waals surface area contributed by atoms with Crippen LogP contribution in [0.4, 0.5) is 0 Å². The maximum atomic E-state index is 2.48. The molecule has 7 rings (SSSR count). The number of hydrogen-bond donors (Lipinski definition) is 0. The molecule has 7 saturated carbocycles. The van der Waals surface area contributed by atoms with E-state index in [1.165, 1.54) is 128 Å². The molecule has 10 unspecified atom stereocenters. The van der Waals surface area contributed by atoms with Crippen molar-refractivity contribution in [3.63, 3.8) is 0 Å². The molecule has 0 aromatic rings. The third-order valence-electron chi connectivity index (χ3n) is 16.9. The molecular weight excluding hydrogens is 685 g/mol. The van der Waals surface area contributed by atoms with Crippen LogP contribution in [0.15, 0.2) is 0 Å². The lowest BCUT2D eigenvalue weighted by molar-refractivity contribution is 0.0652. The van der Waals surface area contributed by atoms with Crippen LogP contribution in [0.1, 0.15) is 284 Å². The fraction of sp³-hybridized carbons (Fsp3) is 1.00. The lowest BCUT2D eigenvalue weighted by Crippen LogP contribution is -2.34. The Hall–Kier alpha value is 0. The molecule has 0 saturated heterocycles. The van der Waals surface area contributed by atoms with Crippen molar-refractivity contribution in [1.29, 1.82) is 0 Å². The molecule has 0 spiro atoms. The van der Waals surface area contributed by atoms with E-state index in [2.05, 4.69) is 55.4 Å². The average Bonchev–Trinajstić information content (AvgIpc) is 3.26. The Morgan fingerprint density at radius 3 is 1.04 bits per heavy atom. The Morgan fingerprint density at radius 1 is 0.246 bits per heavy atom. The molecule has 7 fully saturated rings. The van der Waals surface area contributed by atoms with E-state index in [-0.39, 0.29) is 0 Å². The number of rotatable bonds is 3. The summed E-state index contributed by atoms with van der Waals surface area (Å²) in [5.74, 6) is 14.6. The summed E-state index contributed by atoms with van der Waals surface area (Å²) in [6.45, 7) is 35.6. The highest BCUT2D eigenvalue weighted by molar-refractivity contribution is 4.87. The van der Waals surface area contributed by atoms with Crippen LogP contribution in [0.2, 0.25) is 0 Å². The lowest BCUT2D eigenvalue weighted by atomic mass is 9.62. The van der Waals surface area contributed by atoms with Crippen LogP contribution in [0.5, 0.6) is 0 Å². The minimum absolute atomic E-state index is 0.993. The van der Waals surface area contributed by atoms with E-state index in [0.29, 0.717) is 0 Å². The summed E-state index contributed by atoms with van der Waals surface area (Å²) in [5, 5.41) is 0. The molecule has 7 aliphatic rings. The zero-order valence-corrected chi connectivity index (χ0v) is 43.2. The van der Waals surface area contributed by atoms with Crippen molar-refractivity contribution in [3.05, 3.63) is 0 Å². The first kappa shape index (κ1) is 57.0. The number of fused-ring (bicyclic) bond motifs is 1. The summed E-state index contributed by atoms with van der Waals surface area (Å²) in [4.78, 5) is 0. The van der Waals surface area contributed by atoms with Gasteiger partial charge in [-0.05, 0) is 109 Å². The van der Waals surface area contributed by atoms with E-state index in [0.717, 1.165) is 82.9 Å². The predicted molar refractivity (Wildman–Crippen MR) is 264 cm³/mol. The van der Waals surface area contributed by atoms with Gasteiger partial charge in [-0.15, -0.1) is 0 Å². The van der Waals surface area contributed by atoms with Gasteiger partial charge in [0.15, 0.2) is 0 Å². The topological polar surface area (TPSA) is 0 Å². The van der Waals surface area contributed by atoms with Crippen LogP contribution >= 0.6 is 0 Å². The summed E-state index contributed by atoms with van der Waals surface area (Å²) in [6, 6.07) is 0. The molecule has 0 heteroatoms. The Bertz CT molecular complexity index is 805. The molecule has 0 aromatic carbocycles. The SMILES string of the molecule is CC.CC.CC.CC.CC1CCC(C2CCCCC2)CC1C.CC1CCC(CC2CCCCC2)CC1C.CC1CCCC2CCCC(C)C12.CC1CCCCC1C. The third kappa shape index (κ3) is 22.6. The second kappa shape index (κ2) is 35.6. The Labute approximate surface area is 365 Å². The number of hydrogen-bond acceptors (Lipinski definition) is 0. The second-order valence-electron chi connectivity index (χ2n) is 20.7. The van der Waals surface area contributed by atoms with Gasteiger partial charge in [-0.2, -0.15) is 0 Å². The molecule has 0 bridgehead atoms. The van der Waals surface area contributed by atoms with Gasteiger partial charge in [0, 0.05) is 0 Å². The molecule has 0 radical (unpaired) electrons. The van der Waals surface area contributed by atoms with Gasteiger partial charge in [0.1, 0.15) is 0 Å². The quantitative estimate of drug-likeness (QED) is 0.267. The van der Waals surface area contributed by atoms with Crippen molar-refractivity contribution in [3.8, 4) is 0 Å². The van der Waals surface area contributed by atoms with E-state index in [1.807, 2.05) is 55.4 Å². The smallest absolute Gasteiger partial charge is 0.0334 e. The van der Waals surface area contributed by atoms with Gasteiger partial charge in [-0.25, -0.2) is 0 Å². The van der Waals surface area contributed by atoms with Crippen LogP contribution < -0.4 is 0 Å². The van der Waals surface area contributed by atoms with E-state index in [1.54, 1.807) is 44.9 Å². The fourth-order valence-electron chi connectivity index (χ4n) is 12.7. The molecule has 0 aliphatic heterocycles. The van der Waals surface area contributed by atoms with E-state index in [9.17, 15) is 0 Å². The largest absolute Gasteiger partial charge is 0.0683 e. The summed E-state index contributed by atoms with van der Waals surface area (Å²) in [5.41, 5.74) is 0. The third-order valence-corrected chi connectivity index (χ3v) is 16.9. The maximum Gasteiger partial charge on any atom is -0.0334 e. The molecule has 7 aliphatic carbocycles. The van der Waals surface area contributed by atoms with Crippen LogP contribution in [0.25, 0.3) is 0 Å². The summed E-state index contributed by atoms with van der Waals surface area (Å²) in [6.07, 6.45) is 41.0. The van der Waals surface area contributed by atoms with Crippen LogP contribution in [-0.4, -0.2) is 0 Å². The van der Waals surface area contributed by atoms with Gasteiger partial charge in [0.25, 0.3) is 0 Å². The molecule has 10 atom stereocenters. The Morgan fingerprint density at radius 2 is 0.614 bits per heavy atom. The zero-order chi connectivity index (χ0) is 43.2. The summed E-state index contributed by atoms with van der Waals surface area (Å²) < 4.78 is 0. The van der Waals surface area contributed by atoms with Crippen LogP contribution in [0.3, 0.4) is 0 Å². The molecule has 0 heterocycles. The molecule has 0 nitrogen and oxygen atoms in total. The van der Waals surface area contributed by atoms with E-state index >= 15 is 0 Å². The predicted octanol–water partition coefficient (Wildman–Crippen LogP) is 20.5. The van der Waals surface area contributed by atoms with Gasteiger partial charge in [0.05, 0.1) is 0 Å². The van der Waals surface area contributed by atoms with Crippen molar-refractivity contribution >= 4 is 0 Å². The Balaban J connectivity index is 0.000000703. The molecule has 344 valence electrons. The van der Waals surface area contributed by atoms with Gasteiger partial charge in [0.2, 0.25) is 0 Å². The van der Waals surface area contributed by atoms with Gasteiger partial charge in [-0.1, -0.05) is 258 Å². The van der Waals surface area contributed by atoms with E-state index < -0.39 is 0 Å². The highest BCUT2D eigenvalue weighted by Gasteiger charge is 2.36. The van der Waals surface area contributed by atoms with Gasteiger partial charge >= 0.3 is 0 Å². The Kier molecular flexibility index (Phi) is 35.6. The van der Waals surface area contributed by atoms with Crippen molar-refractivity contribution in [2.24, 2.45) is 82.9 Å². The molecular formula is C57H116. The van der Waals surface area contributed by atoms with Crippen molar-refractivity contribution in [2.45, 2.75) is 284 Å². The first-order valence-electron chi connectivity index (χ1n) is 27.6. The normalized spacial score (nSPS) is 36.6. The summed E-state index contributed by atoms with van der Waals surface area (Å²) in [7, 11) is 0.